The SMILES string of the molecule is CCC(C)Sc1nnc(-c2ccccc2Br)n1N. The Labute approximate surface area is 119 Å². The van der Waals surface area contributed by atoms with E-state index in [0.717, 1.165) is 21.6 Å². The van der Waals surface area contributed by atoms with Gasteiger partial charge in [-0.2, -0.15) is 0 Å². The van der Waals surface area contributed by atoms with E-state index in [-0.39, 0.29) is 0 Å². The van der Waals surface area contributed by atoms with Crippen LogP contribution in [-0.4, -0.2) is 20.1 Å². The normalized spacial score (nSPS) is 12.6. The van der Waals surface area contributed by atoms with Gasteiger partial charge in [-0.25, -0.2) is 4.68 Å². The molecule has 18 heavy (non-hydrogen) atoms. The van der Waals surface area contributed by atoms with Gasteiger partial charge in [0.1, 0.15) is 0 Å². The molecule has 0 saturated heterocycles. The molecule has 0 aliphatic heterocycles. The van der Waals surface area contributed by atoms with Gasteiger partial charge in [-0.05, 0) is 18.6 Å². The third kappa shape index (κ3) is 2.70. The fourth-order valence-electron chi connectivity index (χ4n) is 1.45. The van der Waals surface area contributed by atoms with Gasteiger partial charge in [0.15, 0.2) is 5.82 Å². The quantitative estimate of drug-likeness (QED) is 0.691. The minimum Gasteiger partial charge on any atom is -0.335 e. The van der Waals surface area contributed by atoms with Crippen LogP contribution in [-0.2, 0) is 0 Å². The van der Waals surface area contributed by atoms with E-state index in [0.29, 0.717) is 11.1 Å². The Hall–Kier alpha value is -1.01. The minimum atomic E-state index is 0.476. The fourth-order valence-corrected chi connectivity index (χ4v) is 2.72. The zero-order chi connectivity index (χ0) is 13.1. The van der Waals surface area contributed by atoms with E-state index in [1.165, 1.54) is 0 Å². The van der Waals surface area contributed by atoms with Crippen LogP contribution < -0.4 is 5.84 Å². The molecule has 0 radical (unpaired) electrons. The first-order valence-corrected chi connectivity index (χ1v) is 7.42. The van der Waals surface area contributed by atoms with Gasteiger partial charge in [0.2, 0.25) is 5.16 Å². The number of hydrogen-bond acceptors (Lipinski definition) is 4. The van der Waals surface area contributed by atoms with Crippen LogP contribution >= 0.6 is 27.7 Å². The van der Waals surface area contributed by atoms with Gasteiger partial charge in [0, 0.05) is 15.3 Å². The van der Waals surface area contributed by atoms with Gasteiger partial charge >= 0.3 is 0 Å². The molecule has 4 nitrogen and oxygen atoms in total. The molecule has 0 spiro atoms. The van der Waals surface area contributed by atoms with E-state index in [4.69, 9.17) is 5.84 Å². The summed E-state index contributed by atoms with van der Waals surface area (Å²) in [5, 5.41) is 9.54. The van der Waals surface area contributed by atoms with Crippen LogP contribution in [0, 0.1) is 0 Å². The Morgan fingerprint density at radius 3 is 2.78 bits per heavy atom. The summed E-state index contributed by atoms with van der Waals surface area (Å²) in [4.78, 5) is 0. The van der Waals surface area contributed by atoms with Crippen LogP contribution in [0.2, 0.25) is 0 Å². The third-order valence-electron chi connectivity index (χ3n) is 2.66. The molecule has 1 unspecified atom stereocenters. The lowest BCUT2D eigenvalue weighted by atomic mass is 10.2. The first-order valence-electron chi connectivity index (χ1n) is 5.75. The molecular formula is C12H15BrN4S. The number of rotatable bonds is 4. The molecule has 0 fully saturated rings. The number of nitrogens with zero attached hydrogens (tertiary/aromatic N) is 3. The zero-order valence-electron chi connectivity index (χ0n) is 10.3. The van der Waals surface area contributed by atoms with Crippen LogP contribution in [0.25, 0.3) is 11.4 Å². The summed E-state index contributed by atoms with van der Waals surface area (Å²) in [6.45, 7) is 4.29. The van der Waals surface area contributed by atoms with Crippen molar-refractivity contribution in [2.24, 2.45) is 0 Å². The largest absolute Gasteiger partial charge is 0.335 e. The average Bonchev–Trinajstić information content (AvgIpc) is 2.72. The second-order valence-corrected chi connectivity index (χ2v) is 6.25. The van der Waals surface area contributed by atoms with Crippen molar-refractivity contribution in [3.63, 3.8) is 0 Å². The van der Waals surface area contributed by atoms with Crippen molar-refractivity contribution in [1.82, 2.24) is 14.9 Å². The summed E-state index contributed by atoms with van der Waals surface area (Å²) in [5.74, 6) is 6.73. The summed E-state index contributed by atoms with van der Waals surface area (Å²) >= 11 is 5.14. The first-order chi connectivity index (χ1) is 8.63. The molecule has 2 aromatic rings. The summed E-state index contributed by atoms with van der Waals surface area (Å²) in [5.41, 5.74) is 0.948. The van der Waals surface area contributed by atoms with Crippen molar-refractivity contribution in [2.45, 2.75) is 30.7 Å². The summed E-state index contributed by atoms with van der Waals surface area (Å²) in [7, 11) is 0. The van der Waals surface area contributed by atoms with E-state index in [1.807, 2.05) is 24.3 Å². The molecule has 2 N–H and O–H groups in total. The van der Waals surface area contributed by atoms with Gasteiger partial charge in [-0.1, -0.05) is 53.7 Å². The number of benzene rings is 1. The topological polar surface area (TPSA) is 56.7 Å². The van der Waals surface area contributed by atoms with Crippen LogP contribution in [0.5, 0.6) is 0 Å². The van der Waals surface area contributed by atoms with Crippen LogP contribution in [0.15, 0.2) is 33.9 Å². The molecule has 1 heterocycles. The van der Waals surface area contributed by atoms with Gasteiger partial charge in [0.05, 0.1) is 0 Å². The molecule has 1 aromatic heterocycles. The highest BCUT2D eigenvalue weighted by molar-refractivity contribution is 9.10. The first kappa shape index (κ1) is 13.4. The second kappa shape index (κ2) is 5.75. The van der Waals surface area contributed by atoms with Crippen molar-refractivity contribution in [3.05, 3.63) is 28.7 Å². The third-order valence-corrected chi connectivity index (χ3v) is 4.58. The van der Waals surface area contributed by atoms with Crippen molar-refractivity contribution in [3.8, 4) is 11.4 Å². The average molecular weight is 327 g/mol. The highest BCUT2D eigenvalue weighted by Crippen LogP contribution is 2.29. The summed E-state index contributed by atoms with van der Waals surface area (Å²) < 4.78 is 2.51. The van der Waals surface area contributed by atoms with E-state index in [2.05, 4.69) is 40.0 Å². The van der Waals surface area contributed by atoms with Gasteiger partial charge in [0.25, 0.3) is 0 Å². The second-order valence-electron chi connectivity index (χ2n) is 3.99. The van der Waals surface area contributed by atoms with Crippen molar-refractivity contribution in [1.29, 1.82) is 0 Å². The molecule has 6 heteroatoms. The maximum Gasteiger partial charge on any atom is 0.210 e. The fraction of sp³-hybridized carbons (Fsp3) is 0.333. The Morgan fingerprint density at radius 2 is 2.11 bits per heavy atom. The minimum absolute atomic E-state index is 0.476. The smallest absolute Gasteiger partial charge is 0.210 e. The molecule has 1 aromatic carbocycles. The Kier molecular flexibility index (Phi) is 4.29. The Bertz CT molecular complexity index is 541. The number of thioether (sulfide) groups is 1. The van der Waals surface area contributed by atoms with Crippen LogP contribution in [0.3, 0.4) is 0 Å². The number of hydrogen-bond donors (Lipinski definition) is 1. The standard InChI is InChI=1S/C12H15BrN4S/c1-3-8(2)18-12-16-15-11(17(12)14)9-6-4-5-7-10(9)13/h4-8H,3,14H2,1-2H3. The van der Waals surface area contributed by atoms with Gasteiger partial charge in [-0.3, -0.25) is 0 Å². The molecule has 0 aliphatic carbocycles. The van der Waals surface area contributed by atoms with E-state index >= 15 is 0 Å². The Balaban J connectivity index is 2.34. The molecule has 96 valence electrons. The lowest BCUT2D eigenvalue weighted by Gasteiger charge is -2.08. The summed E-state index contributed by atoms with van der Waals surface area (Å²) in [6, 6.07) is 7.84. The predicted molar refractivity (Wildman–Crippen MR) is 78.9 cm³/mol. The van der Waals surface area contributed by atoms with E-state index < -0.39 is 0 Å². The monoisotopic (exact) mass is 326 g/mol. The summed E-state index contributed by atoms with van der Waals surface area (Å²) in [6.07, 6.45) is 1.07. The molecule has 0 saturated carbocycles. The van der Waals surface area contributed by atoms with Crippen LogP contribution in [0.1, 0.15) is 20.3 Å². The lowest BCUT2D eigenvalue weighted by molar-refractivity contribution is 0.829. The molecule has 0 amide bonds. The maximum absolute atomic E-state index is 6.06. The maximum atomic E-state index is 6.06. The highest BCUT2D eigenvalue weighted by Gasteiger charge is 2.15. The number of nitrogens with two attached hydrogens (primary N) is 1. The Morgan fingerprint density at radius 1 is 1.39 bits per heavy atom. The zero-order valence-corrected chi connectivity index (χ0v) is 12.7. The molecule has 1 atom stereocenters. The molecule has 0 aliphatic rings. The predicted octanol–water partition coefficient (Wildman–Crippen LogP) is 3.31. The van der Waals surface area contributed by atoms with Gasteiger partial charge < -0.3 is 5.84 Å². The number of aromatic nitrogens is 3. The molecule has 0 bridgehead atoms. The van der Waals surface area contributed by atoms with E-state index in [1.54, 1.807) is 16.4 Å². The lowest BCUT2D eigenvalue weighted by Crippen LogP contribution is -2.12. The van der Waals surface area contributed by atoms with Crippen molar-refractivity contribution >= 4 is 27.7 Å². The molecular weight excluding hydrogens is 312 g/mol. The van der Waals surface area contributed by atoms with Gasteiger partial charge in [-0.15, -0.1) is 10.2 Å². The number of halogens is 1. The highest BCUT2D eigenvalue weighted by atomic mass is 79.9. The molecule has 2 rings (SSSR count). The van der Waals surface area contributed by atoms with E-state index in [9.17, 15) is 0 Å². The van der Waals surface area contributed by atoms with Crippen molar-refractivity contribution < 1.29 is 0 Å². The van der Waals surface area contributed by atoms with Crippen molar-refractivity contribution in [2.75, 3.05) is 5.84 Å². The van der Waals surface area contributed by atoms with Crippen LogP contribution in [0.4, 0.5) is 0 Å². The number of nitrogen functional groups attached to an aromatic ring is 1.